The molecule has 0 fully saturated rings. The summed E-state index contributed by atoms with van der Waals surface area (Å²) in [5.74, 6) is 0.446. The van der Waals surface area contributed by atoms with Crippen molar-refractivity contribution in [2.75, 3.05) is 31.1 Å². The zero-order valence-corrected chi connectivity index (χ0v) is 21.1. The van der Waals surface area contributed by atoms with Gasteiger partial charge in [-0.2, -0.15) is 0 Å². The molecule has 4 rings (SSSR count). The molecule has 2 aliphatic rings. The minimum absolute atomic E-state index is 0.298. The van der Waals surface area contributed by atoms with Gasteiger partial charge in [-0.3, -0.25) is 4.99 Å². The van der Waals surface area contributed by atoms with Crippen molar-refractivity contribution in [3.8, 4) is 22.5 Å². The first-order chi connectivity index (χ1) is 17.1. The van der Waals surface area contributed by atoms with E-state index in [4.69, 9.17) is 9.15 Å². The number of carbonyl (C=O) groups excluding carboxylic acids is 1. The van der Waals surface area contributed by atoms with Crippen molar-refractivity contribution < 1.29 is 13.9 Å². The Morgan fingerprint density at radius 3 is 2.49 bits per heavy atom. The predicted octanol–water partition coefficient (Wildman–Crippen LogP) is 6.93. The summed E-state index contributed by atoms with van der Waals surface area (Å²) < 4.78 is 12.1. The monoisotopic (exact) mass is 470 g/mol. The molecule has 5 nitrogen and oxygen atoms in total. The number of nitrogens with zero attached hydrogens (tertiary/aromatic N) is 2. The topological polar surface area (TPSA) is 55.0 Å². The highest BCUT2D eigenvalue weighted by molar-refractivity contribution is 6.08. The molecule has 0 atom stereocenters. The second kappa shape index (κ2) is 11.2. The van der Waals surface area contributed by atoms with Gasteiger partial charge in [-0.05, 0) is 63.1 Å². The Morgan fingerprint density at radius 1 is 0.943 bits per heavy atom. The highest BCUT2D eigenvalue weighted by Gasteiger charge is 2.22. The van der Waals surface area contributed by atoms with Crippen LogP contribution in [0.1, 0.15) is 50.9 Å². The van der Waals surface area contributed by atoms with E-state index in [1.54, 1.807) is 0 Å². The third-order valence-corrected chi connectivity index (χ3v) is 6.31. The molecule has 1 heterocycles. The number of rotatable bonds is 9. The first-order valence-corrected chi connectivity index (χ1v) is 12.6. The van der Waals surface area contributed by atoms with Crippen LogP contribution in [0.3, 0.4) is 0 Å². The van der Waals surface area contributed by atoms with Crippen LogP contribution in [0.25, 0.3) is 33.4 Å². The van der Waals surface area contributed by atoms with Crippen LogP contribution in [0.4, 0.5) is 5.69 Å². The van der Waals surface area contributed by atoms with Crippen molar-refractivity contribution in [2.45, 2.75) is 40.5 Å². The zero-order valence-electron chi connectivity index (χ0n) is 21.1. The molecule has 1 aliphatic carbocycles. The van der Waals surface area contributed by atoms with Gasteiger partial charge in [0.15, 0.2) is 0 Å². The molecule has 0 spiro atoms. The fraction of sp³-hybridized carbons (Fsp3) is 0.333. The van der Waals surface area contributed by atoms with E-state index >= 15 is 0 Å². The van der Waals surface area contributed by atoms with Gasteiger partial charge in [0.1, 0.15) is 11.3 Å². The maximum absolute atomic E-state index is 13.1. The van der Waals surface area contributed by atoms with Gasteiger partial charge in [-0.1, -0.05) is 31.5 Å². The average Bonchev–Trinajstić information content (AvgIpc) is 2.88. The Morgan fingerprint density at radius 2 is 1.74 bits per heavy atom. The standard InChI is InChI=1S/C30H34N2O3/c1-5-9-18-34-30(33)24-13-11-10-12-23(24)29-25-16-14-21(31-6-2)19-27(25)35-28-20-22(15-17-26(28)29)32(7-3)8-4/h10-17,19-20H,5-9,18H2,1-4H3. The first-order valence-electron chi connectivity index (χ1n) is 12.6. The van der Waals surface area contributed by atoms with E-state index in [-0.39, 0.29) is 5.97 Å². The molecule has 2 aromatic carbocycles. The molecule has 0 unspecified atom stereocenters. The Kier molecular flexibility index (Phi) is 7.86. The number of anilines is 1. The number of hydrogen-bond acceptors (Lipinski definition) is 5. The summed E-state index contributed by atoms with van der Waals surface area (Å²) in [4.78, 5) is 19.9. The van der Waals surface area contributed by atoms with Gasteiger partial charge in [0.25, 0.3) is 0 Å². The van der Waals surface area contributed by atoms with E-state index in [1.807, 2.05) is 49.4 Å². The lowest BCUT2D eigenvalue weighted by molar-refractivity contribution is 0.0500. The number of benzene rings is 3. The second-order valence-corrected chi connectivity index (χ2v) is 8.52. The summed E-state index contributed by atoms with van der Waals surface area (Å²) in [5, 5.41) is 1.84. The lowest BCUT2D eigenvalue weighted by Crippen LogP contribution is -2.21. The molecule has 0 N–H and O–H groups in total. The minimum Gasteiger partial charge on any atom is -0.462 e. The van der Waals surface area contributed by atoms with Crippen LogP contribution in [0.15, 0.2) is 70.1 Å². The van der Waals surface area contributed by atoms with Crippen LogP contribution in [-0.2, 0) is 4.74 Å². The van der Waals surface area contributed by atoms with E-state index in [0.717, 1.165) is 70.4 Å². The van der Waals surface area contributed by atoms with E-state index < -0.39 is 0 Å². The molecule has 0 amide bonds. The van der Waals surface area contributed by atoms with E-state index in [2.05, 4.69) is 48.9 Å². The molecule has 0 saturated heterocycles. The number of carbonyl (C=O) groups is 1. The highest BCUT2D eigenvalue weighted by atomic mass is 16.5. The SMILES string of the molecule is CCCCOC(=O)c1ccccc1-c1c2ccc(=NCC)cc-2oc2cc(N(CC)CC)ccc12. The zero-order chi connectivity index (χ0) is 24.8. The summed E-state index contributed by atoms with van der Waals surface area (Å²) >= 11 is 0. The molecule has 0 saturated carbocycles. The Hall–Kier alpha value is -3.60. The quantitative estimate of drug-likeness (QED) is 0.151. The van der Waals surface area contributed by atoms with Gasteiger partial charge >= 0.3 is 5.97 Å². The van der Waals surface area contributed by atoms with E-state index in [1.165, 1.54) is 0 Å². The fourth-order valence-corrected chi connectivity index (χ4v) is 4.49. The van der Waals surface area contributed by atoms with E-state index in [9.17, 15) is 4.79 Å². The Balaban J connectivity index is 1.99. The third-order valence-electron chi connectivity index (χ3n) is 6.31. The minimum atomic E-state index is -0.298. The fourth-order valence-electron chi connectivity index (χ4n) is 4.49. The Labute approximate surface area is 207 Å². The van der Waals surface area contributed by atoms with Crippen LogP contribution < -0.4 is 10.3 Å². The predicted molar refractivity (Wildman–Crippen MR) is 143 cm³/mol. The lowest BCUT2D eigenvalue weighted by atomic mass is 9.90. The van der Waals surface area contributed by atoms with Crippen LogP contribution in [0.5, 0.6) is 0 Å². The average molecular weight is 471 g/mol. The molecule has 0 bridgehead atoms. The third kappa shape index (κ3) is 5.09. The number of ether oxygens (including phenoxy) is 1. The molecule has 35 heavy (non-hydrogen) atoms. The normalized spacial score (nSPS) is 11.8. The lowest BCUT2D eigenvalue weighted by Gasteiger charge is -2.22. The van der Waals surface area contributed by atoms with Gasteiger partial charge in [0.05, 0.1) is 17.5 Å². The van der Waals surface area contributed by atoms with Crippen LogP contribution in [0, 0.1) is 0 Å². The molecule has 1 aliphatic heterocycles. The summed E-state index contributed by atoms with van der Waals surface area (Å²) in [7, 11) is 0. The number of unbranched alkanes of at least 4 members (excludes halogenated alkanes) is 1. The van der Waals surface area contributed by atoms with Crippen molar-refractivity contribution >= 4 is 22.6 Å². The first kappa shape index (κ1) is 24.5. The maximum Gasteiger partial charge on any atom is 0.338 e. The summed E-state index contributed by atoms with van der Waals surface area (Å²) in [5.41, 5.74) is 5.21. The van der Waals surface area contributed by atoms with Gasteiger partial charge in [0, 0.05) is 54.0 Å². The molecular weight excluding hydrogens is 436 g/mol. The van der Waals surface area contributed by atoms with Gasteiger partial charge in [0.2, 0.25) is 0 Å². The van der Waals surface area contributed by atoms with E-state index in [0.29, 0.717) is 18.7 Å². The van der Waals surface area contributed by atoms with Crippen molar-refractivity contribution in [3.63, 3.8) is 0 Å². The number of esters is 1. The molecule has 0 radical (unpaired) electrons. The largest absolute Gasteiger partial charge is 0.462 e. The van der Waals surface area contributed by atoms with Crippen molar-refractivity contribution in [1.82, 2.24) is 0 Å². The van der Waals surface area contributed by atoms with Gasteiger partial charge < -0.3 is 14.1 Å². The maximum atomic E-state index is 13.1. The van der Waals surface area contributed by atoms with Crippen LogP contribution >= 0.6 is 0 Å². The molecule has 2 aromatic rings. The summed E-state index contributed by atoms with van der Waals surface area (Å²) in [6, 6.07) is 20.0. The van der Waals surface area contributed by atoms with Crippen LogP contribution in [0.2, 0.25) is 0 Å². The second-order valence-electron chi connectivity index (χ2n) is 8.52. The molecule has 5 heteroatoms. The highest BCUT2D eigenvalue weighted by Crippen LogP contribution is 2.42. The Bertz CT molecular complexity index is 1350. The van der Waals surface area contributed by atoms with Crippen LogP contribution in [-0.4, -0.2) is 32.2 Å². The van der Waals surface area contributed by atoms with Crippen molar-refractivity contribution in [3.05, 3.63) is 71.6 Å². The smallest absolute Gasteiger partial charge is 0.338 e. The summed E-state index contributed by atoms with van der Waals surface area (Å²) in [6.07, 6.45) is 1.83. The van der Waals surface area contributed by atoms with Gasteiger partial charge in [-0.25, -0.2) is 4.79 Å². The van der Waals surface area contributed by atoms with Crippen molar-refractivity contribution in [2.24, 2.45) is 4.99 Å². The molecule has 0 aromatic heterocycles. The van der Waals surface area contributed by atoms with Gasteiger partial charge in [-0.15, -0.1) is 0 Å². The summed E-state index contributed by atoms with van der Waals surface area (Å²) in [6.45, 7) is 11.3. The molecular formula is C30H34N2O3. The number of hydrogen-bond donors (Lipinski definition) is 0. The van der Waals surface area contributed by atoms with Crippen molar-refractivity contribution in [1.29, 1.82) is 0 Å². The number of fused-ring (bicyclic) bond motifs is 2. The molecule has 182 valence electrons.